The molecule has 3 rings (SSSR count). The van der Waals surface area contributed by atoms with Crippen molar-refractivity contribution in [1.29, 1.82) is 0 Å². The van der Waals surface area contributed by atoms with Crippen LogP contribution in [0.5, 0.6) is 0 Å². The minimum Gasteiger partial charge on any atom is -0.311 e. The Balaban J connectivity index is 1.71. The van der Waals surface area contributed by atoms with Gasteiger partial charge < -0.3 is 4.90 Å². The van der Waals surface area contributed by atoms with Gasteiger partial charge in [-0.3, -0.25) is 4.79 Å². The normalized spacial score (nSPS) is 11.4. The monoisotopic (exact) mass is 428 g/mol. The van der Waals surface area contributed by atoms with E-state index in [-0.39, 0.29) is 17.3 Å². The molecule has 0 fully saturated rings. The molecule has 5 nitrogen and oxygen atoms in total. The Kier molecular flexibility index (Phi) is 6.37. The maximum Gasteiger partial charge on any atom is 0.258 e. The van der Waals surface area contributed by atoms with E-state index in [0.29, 0.717) is 10.6 Å². The van der Waals surface area contributed by atoms with Crippen LogP contribution in [0.1, 0.15) is 15.9 Å². The molecule has 0 heterocycles. The van der Waals surface area contributed by atoms with Gasteiger partial charge in [-0.2, -0.15) is 4.31 Å². The zero-order chi connectivity index (χ0) is 21.0. The summed E-state index contributed by atoms with van der Waals surface area (Å²) in [6.45, 7) is 0.188. The average molecular weight is 429 g/mol. The van der Waals surface area contributed by atoms with Crippen LogP contribution in [0.3, 0.4) is 0 Å². The Hall–Kier alpha value is -2.67. The van der Waals surface area contributed by atoms with Crippen LogP contribution < -0.4 is 4.90 Å². The number of carbonyl (C=O) groups is 1. The van der Waals surface area contributed by atoms with Gasteiger partial charge in [0.05, 0.1) is 4.90 Å². The number of benzene rings is 3. The molecule has 0 aromatic heterocycles. The zero-order valence-corrected chi connectivity index (χ0v) is 17.7. The quantitative estimate of drug-likeness (QED) is 0.583. The van der Waals surface area contributed by atoms with E-state index >= 15 is 0 Å². The zero-order valence-electron chi connectivity index (χ0n) is 16.1. The van der Waals surface area contributed by atoms with E-state index in [1.54, 1.807) is 48.3 Å². The van der Waals surface area contributed by atoms with E-state index in [1.165, 1.54) is 23.5 Å². The van der Waals surface area contributed by atoms with Gasteiger partial charge in [-0.1, -0.05) is 41.9 Å². The van der Waals surface area contributed by atoms with Gasteiger partial charge >= 0.3 is 0 Å². The van der Waals surface area contributed by atoms with Crippen LogP contribution in [0.2, 0.25) is 5.02 Å². The van der Waals surface area contributed by atoms with E-state index in [4.69, 9.17) is 11.6 Å². The van der Waals surface area contributed by atoms with Crippen LogP contribution in [-0.4, -0.2) is 32.7 Å². The van der Waals surface area contributed by atoms with Gasteiger partial charge in [-0.05, 0) is 54.1 Å². The first-order valence-electron chi connectivity index (χ1n) is 8.93. The van der Waals surface area contributed by atoms with Crippen molar-refractivity contribution in [3.63, 3.8) is 0 Å². The minimum atomic E-state index is -3.63. The lowest BCUT2D eigenvalue weighted by atomic mass is 10.1. The fraction of sp³-hybridized carbons (Fsp3) is 0.136. The van der Waals surface area contributed by atoms with Crippen molar-refractivity contribution < 1.29 is 13.2 Å². The molecule has 0 saturated carbocycles. The molecule has 0 saturated heterocycles. The molecule has 0 spiro atoms. The Morgan fingerprint density at radius 3 is 2.03 bits per heavy atom. The van der Waals surface area contributed by atoms with Crippen LogP contribution in [0.25, 0.3) is 0 Å². The van der Waals surface area contributed by atoms with Gasteiger partial charge in [0, 0.05) is 36.9 Å². The molecule has 7 heteroatoms. The highest BCUT2D eigenvalue weighted by molar-refractivity contribution is 7.89. The number of para-hydroxylation sites is 1. The first-order chi connectivity index (χ1) is 13.8. The van der Waals surface area contributed by atoms with Crippen LogP contribution in [0, 0.1) is 0 Å². The minimum absolute atomic E-state index is 0.134. The number of halogens is 1. The number of rotatable bonds is 6. The lowest BCUT2D eigenvalue weighted by Crippen LogP contribution is -2.27. The number of hydrogen-bond donors (Lipinski definition) is 0. The van der Waals surface area contributed by atoms with Crippen LogP contribution >= 0.6 is 11.6 Å². The van der Waals surface area contributed by atoms with Gasteiger partial charge in [0.1, 0.15) is 0 Å². The summed E-state index contributed by atoms with van der Waals surface area (Å²) in [4.78, 5) is 14.4. The number of sulfonamides is 1. The van der Waals surface area contributed by atoms with Crippen molar-refractivity contribution in [3.8, 4) is 0 Å². The van der Waals surface area contributed by atoms with E-state index in [0.717, 1.165) is 11.3 Å². The Labute approximate surface area is 176 Å². The summed E-state index contributed by atoms with van der Waals surface area (Å²) in [5.41, 5.74) is 2.11. The third kappa shape index (κ3) is 4.85. The highest BCUT2D eigenvalue weighted by Crippen LogP contribution is 2.20. The summed E-state index contributed by atoms with van der Waals surface area (Å²) >= 11 is 5.83. The summed E-state index contributed by atoms with van der Waals surface area (Å²) in [6.07, 6.45) is 0. The molecule has 3 aromatic rings. The summed E-state index contributed by atoms with van der Waals surface area (Å²) < 4.78 is 26.6. The van der Waals surface area contributed by atoms with Crippen molar-refractivity contribution >= 4 is 33.2 Å². The molecular formula is C22H21ClN2O3S. The van der Waals surface area contributed by atoms with E-state index < -0.39 is 10.0 Å². The molecule has 0 bridgehead atoms. The average Bonchev–Trinajstić information content (AvgIpc) is 2.74. The van der Waals surface area contributed by atoms with Gasteiger partial charge in [-0.15, -0.1) is 0 Å². The maximum atomic E-state index is 12.7. The van der Waals surface area contributed by atoms with Crippen LogP contribution in [0.15, 0.2) is 83.8 Å². The molecule has 0 aliphatic heterocycles. The van der Waals surface area contributed by atoms with E-state index in [2.05, 4.69) is 0 Å². The second kappa shape index (κ2) is 8.78. The Morgan fingerprint density at radius 1 is 0.862 bits per heavy atom. The fourth-order valence-electron chi connectivity index (χ4n) is 2.84. The molecule has 0 unspecified atom stereocenters. The third-order valence-electron chi connectivity index (χ3n) is 4.58. The van der Waals surface area contributed by atoms with Crippen molar-refractivity contribution in [2.75, 3.05) is 19.0 Å². The molecule has 150 valence electrons. The molecule has 0 aliphatic rings. The molecule has 0 N–H and O–H groups in total. The van der Waals surface area contributed by atoms with E-state index in [9.17, 15) is 13.2 Å². The number of hydrogen-bond acceptors (Lipinski definition) is 3. The SMILES string of the molecule is CN(C(=O)c1ccc(CN(C)S(=O)(=O)c2ccc(Cl)cc2)cc1)c1ccccc1. The van der Waals surface area contributed by atoms with Gasteiger partial charge in [-0.25, -0.2) is 8.42 Å². The predicted molar refractivity (Wildman–Crippen MR) is 116 cm³/mol. The standard InChI is InChI=1S/C22H21ClN2O3S/c1-24(29(27,28)21-14-12-19(23)13-15-21)16-17-8-10-18(11-9-17)22(26)25(2)20-6-4-3-5-7-20/h3-15H,16H2,1-2H3. The van der Waals surface area contributed by atoms with Gasteiger partial charge in [0.15, 0.2) is 0 Å². The third-order valence-corrected chi connectivity index (χ3v) is 6.65. The molecule has 0 radical (unpaired) electrons. The van der Waals surface area contributed by atoms with Crippen molar-refractivity contribution in [2.24, 2.45) is 0 Å². The molecular weight excluding hydrogens is 408 g/mol. The first kappa shape index (κ1) is 21.0. The topological polar surface area (TPSA) is 57.7 Å². The summed E-state index contributed by atoms with van der Waals surface area (Å²) in [6, 6.07) is 22.4. The second-order valence-electron chi connectivity index (χ2n) is 6.61. The lowest BCUT2D eigenvalue weighted by Gasteiger charge is -2.19. The van der Waals surface area contributed by atoms with Crippen molar-refractivity contribution in [3.05, 3.63) is 95.0 Å². The number of carbonyl (C=O) groups excluding carboxylic acids is 1. The molecule has 1 amide bonds. The van der Waals surface area contributed by atoms with E-state index in [1.807, 2.05) is 30.3 Å². The number of nitrogens with zero attached hydrogens (tertiary/aromatic N) is 2. The Morgan fingerprint density at radius 2 is 1.45 bits per heavy atom. The number of anilines is 1. The summed E-state index contributed by atoms with van der Waals surface area (Å²) in [7, 11) is -0.390. The predicted octanol–water partition coefficient (Wildman–Crippen LogP) is 4.44. The largest absolute Gasteiger partial charge is 0.311 e. The summed E-state index contributed by atoms with van der Waals surface area (Å²) in [5, 5.41) is 0.479. The number of amides is 1. The van der Waals surface area contributed by atoms with Crippen LogP contribution in [0.4, 0.5) is 5.69 Å². The fourth-order valence-corrected chi connectivity index (χ4v) is 4.13. The smallest absolute Gasteiger partial charge is 0.258 e. The van der Waals surface area contributed by atoms with Gasteiger partial charge in [0.25, 0.3) is 5.91 Å². The second-order valence-corrected chi connectivity index (χ2v) is 9.09. The Bertz CT molecular complexity index is 1080. The highest BCUT2D eigenvalue weighted by Gasteiger charge is 2.21. The van der Waals surface area contributed by atoms with Crippen molar-refractivity contribution in [1.82, 2.24) is 4.31 Å². The molecule has 3 aromatic carbocycles. The highest BCUT2D eigenvalue weighted by atomic mass is 35.5. The first-order valence-corrected chi connectivity index (χ1v) is 10.7. The maximum absolute atomic E-state index is 12.7. The molecule has 0 aliphatic carbocycles. The van der Waals surface area contributed by atoms with Crippen LogP contribution in [-0.2, 0) is 16.6 Å². The lowest BCUT2D eigenvalue weighted by molar-refractivity contribution is 0.0993. The van der Waals surface area contributed by atoms with Gasteiger partial charge in [0.2, 0.25) is 10.0 Å². The summed E-state index contributed by atoms with van der Waals surface area (Å²) in [5.74, 6) is -0.134. The molecule has 29 heavy (non-hydrogen) atoms. The van der Waals surface area contributed by atoms with Crippen molar-refractivity contribution in [2.45, 2.75) is 11.4 Å². The molecule has 0 atom stereocenters.